The highest BCUT2D eigenvalue weighted by Crippen LogP contribution is 2.41. The molecule has 1 N–H and O–H groups in total. The molecule has 3 aromatic rings. The molecule has 0 bridgehead atoms. The maximum atomic E-state index is 12.9. The first-order chi connectivity index (χ1) is 13.0. The summed E-state index contributed by atoms with van der Waals surface area (Å²) in [4.78, 5) is 12.6. The van der Waals surface area contributed by atoms with Gasteiger partial charge < -0.3 is 5.32 Å². The lowest BCUT2D eigenvalue weighted by atomic mass is 10.1. The monoisotopic (exact) mass is 384 g/mol. The minimum absolute atomic E-state index is 0.231. The summed E-state index contributed by atoms with van der Waals surface area (Å²) >= 11 is 0. The highest BCUT2D eigenvalue weighted by atomic mass is 32.2. The van der Waals surface area contributed by atoms with Crippen molar-refractivity contribution >= 4 is 32.4 Å². The fraction of sp³-hybridized carbons (Fsp3) is 0.150. The number of amides is 1. The Hall–Kier alpha value is -2.93. The third-order valence-electron chi connectivity index (χ3n) is 4.62. The van der Waals surface area contributed by atoms with Crippen molar-refractivity contribution < 1.29 is 17.6 Å². The lowest BCUT2D eigenvalue weighted by molar-refractivity contribution is -0.119. The van der Waals surface area contributed by atoms with Gasteiger partial charge in [0.25, 0.3) is 10.0 Å². The summed E-state index contributed by atoms with van der Waals surface area (Å²) in [5, 5.41) is 4.21. The van der Waals surface area contributed by atoms with Crippen molar-refractivity contribution in [3.63, 3.8) is 0 Å². The molecule has 1 aliphatic rings. The van der Waals surface area contributed by atoms with Gasteiger partial charge in [-0.25, -0.2) is 12.8 Å². The standard InChI is InChI=1S/C20H17FN2O3S/c21-16-9-7-14(8-10-16)11-12-22-19(24)13-23-17-5-1-3-15-4-2-6-18(20(15)17)27(23,25)26/h1-10H,11-13H2,(H,22,24). The van der Waals surface area contributed by atoms with Gasteiger partial charge in [-0.2, -0.15) is 0 Å². The number of benzene rings is 3. The molecule has 0 fully saturated rings. The van der Waals surface area contributed by atoms with Crippen LogP contribution in [0.3, 0.4) is 0 Å². The molecular formula is C20H17FN2O3S. The van der Waals surface area contributed by atoms with E-state index < -0.39 is 10.0 Å². The zero-order valence-corrected chi connectivity index (χ0v) is 15.2. The minimum atomic E-state index is -3.74. The quantitative estimate of drug-likeness (QED) is 0.736. The second-order valence-corrected chi connectivity index (χ2v) is 8.20. The molecule has 1 amide bonds. The molecule has 7 heteroatoms. The molecule has 0 aliphatic carbocycles. The smallest absolute Gasteiger partial charge is 0.265 e. The van der Waals surface area contributed by atoms with Gasteiger partial charge in [-0.15, -0.1) is 0 Å². The van der Waals surface area contributed by atoms with Gasteiger partial charge in [0.05, 0.1) is 10.6 Å². The second kappa shape index (κ2) is 6.66. The van der Waals surface area contributed by atoms with Crippen LogP contribution in [-0.2, 0) is 21.2 Å². The average Bonchev–Trinajstić information content (AvgIpc) is 2.87. The van der Waals surface area contributed by atoms with E-state index in [0.29, 0.717) is 24.0 Å². The molecule has 27 heavy (non-hydrogen) atoms. The van der Waals surface area contributed by atoms with Crippen LogP contribution in [0.15, 0.2) is 65.6 Å². The van der Waals surface area contributed by atoms with Gasteiger partial charge >= 0.3 is 0 Å². The number of carbonyl (C=O) groups is 1. The number of rotatable bonds is 5. The number of hydrogen-bond acceptors (Lipinski definition) is 3. The summed E-state index contributed by atoms with van der Waals surface area (Å²) < 4.78 is 39.7. The van der Waals surface area contributed by atoms with E-state index >= 15 is 0 Å². The zero-order chi connectivity index (χ0) is 19.0. The van der Waals surface area contributed by atoms with Gasteiger partial charge in [-0.3, -0.25) is 9.10 Å². The van der Waals surface area contributed by atoms with Crippen LogP contribution in [0.2, 0.25) is 0 Å². The van der Waals surface area contributed by atoms with Crippen molar-refractivity contribution in [1.29, 1.82) is 0 Å². The highest BCUT2D eigenvalue weighted by Gasteiger charge is 2.36. The van der Waals surface area contributed by atoms with Crippen LogP contribution in [0.1, 0.15) is 5.56 Å². The summed E-state index contributed by atoms with van der Waals surface area (Å²) in [5.74, 6) is -0.693. The van der Waals surface area contributed by atoms with Crippen LogP contribution in [0.25, 0.3) is 10.8 Å². The Morgan fingerprint density at radius 3 is 2.44 bits per heavy atom. The third kappa shape index (κ3) is 3.14. The number of hydrogen-bond donors (Lipinski definition) is 1. The van der Waals surface area contributed by atoms with Gasteiger partial charge in [0.15, 0.2) is 0 Å². The number of carbonyl (C=O) groups excluding carboxylic acids is 1. The fourth-order valence-electron chi connectivity index (χ4n) is 3.31. The van der Waals surface area contributed by atoms with Crippen LogP contribution >= 0.6 is 0 Å². The Labute approximate surface area is 156 Å². The van der Waals surface area contributed by atoms with E-state index in [2.05, 4.69) is 5.32 Å². The Kier molecular flexibility index (Phi) is 4.31. The average molecular weight is 384 g/mol. The molecule has 3 aromatic carbocycles. The van der Waals surface area contributed by atoms with Crippen molar-refractivity contribution in [3.05, 3.63) is 72.0 Å². The Bertz CT molecular complexity index is 1120. The zero-order valence-electron chi connectivity index (χ0n) is 14.4. The van der Waals surface area contributed by atoms with E-state index in [1.165, 1.54) is 12.1 Å². The Morgan fingerprint density at radius 1 is 1.00 bits per heavy atom. The van der Waals surface area contributed by atoms with Crippen molar-refractivity contribution in [3.8, 4) is 0 Å². The molecular weight excluding hydrogens is 367 g/mol. The fourth-order valence-corrected chi connectivity index (χ4v) is 4.98. The molecule has 0 unspecified atom stereocenters. The summed E-state index contributed by atoms with van der Waals surface area (Å²) in [6.07, 6.45) is 0.536. The number of halogens is 1. The topological polar surface area (TPSA) is 66.5 Å². The van der Waals surface area contributed by atoms with Gasteiger partial charge in [0.1, 0.15) is 12.4 Å². The van der Waals surface area contributed by atoms with Crippen molar-refractivity contribution in [2.75, 3.05) is 17.4 Å². The Morgan fingerprint density at radius 2 is 1.70 bits per heavy atom. The van der Waals surface area contributed by atoms with E-state index in [0.717, 1.165) is 15.3 Å². The van der Waals surface area contributed by atoms with Gasteiger partial charge in [0, 0.05) is 11.9 Å². The van der Waals surface area contributed by atoms with E-state index in [1.807, 2.05) is 12.1 Å². The molecule has 0 radical (unpaired) electrons. The molecule has 138 valence electrons. The summed E-state index contributed by atoms with van der Waals surface area (Å²) in [5.41, 5.74) is 1.42. The van der Waals surface area contributed by atoms with Gasteiger partial charge in [-0.1, -0.05) is 36.4 Å². The van der Waals surface area contributed by atoms with Crippen molar-refractivity contribution in [2.24, 2.45) is 0 Å². The molecule has 0 saturated heterocycles. The maximum absolute atomic E-state index is 12.9. The second-order valence-electron chi connectivity index (χ2n) is 6.37. The number of sulfonamides is 1. The molecule has 5 nitrogen and oxygen atoms in total. The van der Waals surface area contributed by atoms with Crippen LogP contribution in [-0.4, -0.2) is 27.4 Å². The van der Waals surface area contributed by atoms with Crippen molar-refractivity contribution in [1.82, 2.24) is 5.32 Å². The van der Waals surface area contributed by atoms with Crippen LogP contribution < -0.4 is 9.62 Å². The first kappa shape index (κ1) is 17.5. The maximum Gasteiger partial charge on any atom is 0.265 e. The van der Waals surface area contributed by atoms with Gasteiger partial charge in [-0.05, 0) is 41.6 Å². The van der Waals surface area contributed by atoms with E-state index in [4.69, 9.17) is 0 Å². The largest absolute Gasteiger partial charge is 0.354 e. The van der Waals surface area contributed by atoms with Crippen LogP contribution in [0.5, 0.6) is 0 Å². The summed E-state index contributed by atoms with van der Waals surface area (Å²) in [6.45, 7) is 0.0645. The first-order valence-corrected chi connectivity index (χ1v) is 9.96. The predicted molar refractivity (Wildman–Crippen MR) is 102 cm³/mol. The normalized spacial score (nSPS) is 14.5. The molecule has 0 aromatic heterocycles. The van der Waals surface area contributed by atoms with Crippen molar-refractivity contribution in [2.45, 2.75) is 11.3 Å². The van der Waals surface area contributed by atoms with Gasteiger partial charge in [0.2, 0.25) is 5.91 Å². The third-order valence-corrected chi connectivity index (χ3v) is 6.42. The van der Waals surface area contributed by atoms with Crippen LogP contribution in [0.4, 0.5) is 10.1 Å². The highest BCUT2D eigenvalue weighted by molar-refractivity contribution is 7.93. The van der Waals surface area contributed by atoms with E-state index in [-0.39, 0.29) is 23.2 Å². The first-order valence-electron chi connectivity index (χ1n) is 8.52. The van der Waals surface area contributed by atoms with E-state index in [9.17, 15) is 17.6 Å². The molecule has 0 saturated carbocycles. The lowest BCUT2D eigenvalue weighted by Gasteiger charge is -2.18. The molecule has 4 rings (SSSR count). The molecule has 1 aliphatic heterocycles. The van der Waals surface area contributed by atoms with E-state index in [1.54, 1.807) is 36.4 Å². The SMILES string of the molecule is O=C(CN1c2cccc3cccc(c23)S1(=O)=O)NCCc1ccc(F)cc1. The summed E-state index contributed by atoms with van der Waals surface area (Å²) in [7, 11) is -3.74. The molecule has 1 heterocycles. The molecule has 0 spiro atoms. The minimum Gasteiger partial charge on any atom is -0.354 e. The number of nitrogens with zero attached hydrogens (tertiary/aromatic N) is 1. The van der Waals surface area contributed by atoms with Crippen LogP contribution in [0, 0.1) is 5.82 Å². The number of nitrogens with one attached hydrogen (secondary N) is 1. The molecule has 0 atom stereocenters. The Balaban J connectivity index is 1.47. The summed E-state index contributed by atoms with van der Waals surface area (Å²) in [6, 6.07) is 16.5. The predicted octanol–water partition coefficient (Wildman–Crippen LogP) is 2.85. The number of anilines is 1. The lowest BCUT2D eigenvalue weighted by Crippen LogP contribution is -2.39.